The lowest BCUT2D eigenvalue weighted by molar-refractivity contribution is -0.136. The van der Waals surface area contributed by atoms with Crippen LogP contribution in [0, 0.1) is 11.3 Å². The van der Waals surface area contributed by atoms with Gasteiger partial charge in [-0.1, -0.05) is 12.1 Å². The molecule has 0 saturated heterocycles. The van der Waals surface area contributed by atoms with Crippen LogP contribution >= 0.6 is 0 Å². The van der Waals surface area contributed by atoms with Crippen molar-refractivity contribution in [2.75, 3.05) is 14.2 Å². The summed E-state index contributed by atoms with van der Waals surface area (Å²) in [7, 11) is 2.82. The minimum atomic E-state index is -0.652. The Morgan fingerprint density at radius 1 is 1.41 bits per heavy atom. The van der Waals surface area contributed by atoms with Gasteiger partial charge in [0.25, 0.3) is 0 Å². The van der Waals surface area contributed by atoms with E-state index in [0.29, 0.717) is 17.1 Å². The Morgan fingerprint density at radius 2 is 2.14 bits per heavy atom. The molecule has 0 radical (unpaired) electrons. The van der Waals surface area contributed by atoms with Crippen molar-refractivity contribution in [1.82, 2.24) is 0 Å². The van der Waals surface area contributed by atoms with Gasteiger partial charge in [0.1, 0.15) is 23.2 Å². The summed E-state index contributed by atoms with van der Waals surface area (Å²) >= 11 is 0. The van der Waals surface area contributed by atoms with Gasteiger partial charge in [-0.15, -0.1) is 0 Å². The molecule has 0 spiro atoms. The fourth-order valence-electron chi connectivity index (χ4n) is 2.41. The summed E-state index contributed by atoms with van der Waals surface area (Å²) in [5.41, 5.74) is 6.91. The van der Waals surface area contributed by atoms with Crippen molar-refractivity contribution in [2.24, 2.45) is 5.73 Å². The fraction of sp³-hybridized carbons (Fsp3) is 0.250. The summed E-state index contributed by atoms with van der Waals surface area (Å²) in [6.45, 7) is 1.61. The maximum Gasteiger partial charge on any atom is 0.338 e. The van der Waals surface area contributed by atoms with Crippen LogP contribution in [0.5, 0.6) is 5.75 Å². The number of carbonyl (C=O) groups is 1. The molecule has 0 amide bonds. The first-order chi connectivity index (χ1) is 10.5. The molecule has 22 heavy (non-hydrogen) atoms. The smallest absolute Gasteiger partial charge is 0.338 e. The van der Waals surface area contributed by atoms with Gasteiger partial charge in [-0.3, -0.25) is 0 Å². The molecule has 0 fully saturated rings. The number of nitrogens with two attached hydrogens (primary N) is 1. The maximum absolute atomic E-state index is 12.1. The molecule has 1 aliphatic rings. The summed E-state index contributed by atoms with van der Waals surface area (Å²) in [4.78, 5) is 12.1. The lowest BCUT2D eigenvalue weighted by atomic mass is 9.83. The molecule has 6 nitrogen and oxygen atoms in total. The Labute approximate surface area is 128 Å². The third kappa shape index (κ3) is 2.61. The van der Waals surface area contributed by atoms with Gasteiger partial charge in [-0.25, -0.2) is 4.79 Å². The van der Waals surface area contributed by atoms with E-state index in [1.165, 1.54) is 7.11 Å². The first kappa shape index (κ1) is 15.4. The number of methoxy groups -OCH3 is 2. The number of hydrogen-bond acceptors (Lipinski definition) is 6. The SMILES string of the molecule is COC(=O)C1=C(C)OC(N)=C(C#N)[C@H]1c1cccc(OC)c1. The molecule has 114 valence electrons. The number of nitriles is 1. The number of ether oxygens (including phenoxy) is 3. The predicted octanol–water partition coefficient (Wildman–Crippen LogP) is 1.95. The van der Waals surface area contributed by atoms with Crippen molar-refractivity contribution >= 4 is 5.97 Å². The third-order valence-corrected chi connectivity index (χ3v) is 3.44. The highest BCUT2D eigenvalue weighted by Crippen LogP contribution is 2.40. The molecule has 2 N–H and O–H groups in total. The molecule has 0 bridgehead atoms. The highest BCUT2D eigenvalue weighted by atomic mass is 16.5. The number of nitrogens with zero attached hydrogens (tertiary/aromatic N) is 1. The largest absolute Gasteiger partial charge is 0.497 e. The number of benzene rings is 1. The molecular weight excluding hydrogens is 284 g/mol. The Balaban J connectivity index is 2.65. The lowest BCUT2D eigenvalue weighted by Gasteiger charge is -2.26. The minimum Gasteiger partial charge on any atom is -0.497 e. The van der Waals surface area contributed by atoms with Gasteiger partial charge >= 0.3 is 5.97 Å². The molecule has 0 unspecified atom stereocenters. The van der Waals surface area contributed by atoms with Gasteiger partial charge in [0, 0.05) is 0 Å². The topological polar surface area (TPSA) is 94.6 Å². The summed E-state index contributed by atoms with van der Waals surface area (Å²) < 4.78 is 15.3. The Hall–Kier alpha value is -2.94. The Kier molecular flexibility index (Phi) is 4.37. The van der Waals surface area contributed by atoms with Gasteiger partial charge in [-0.2, -0.15) is 5.26 Å². The second kappa shape index (κ2) is 6.22. The van der Waals surface area contributed by atoms with Crippen molar-refractivity contribution in [2.45, 2.75) is 12.8 Å². The molecule has 1 aromatic rings. The van der Waals surface area contributed by atoms with Crippen molar-refractivity contribution < 1.29 is 19.0 Å². The average molecular weight is 300 g/mol. The number of esters is 1. The van der Waals surface area contributed by atoms with Crippen LogP contribution in [-0.2, 0) is 14.3 Å². The number of allylic oxidation sites excluding steroid dienone is 2. The highest BCUT2D eigenvalue weighted by Gasteiger charge is 2.36. The van der Waals surface area contributed by atoms with E-state index in [0.717, 1.165) is 0 Å². The predicted molar refractivity (Wildman–Crippen MR) is 78.4 cm³/mol. The molecule has 1 aliphatic heterocycles. The molecule has 0 aliphatic carbocycles. The van der Waals surface area contributed by atoms with E-state index in [2.05, 4.69) is 0 Å². The van der Waals surface area contributed by atoms with Crippen LogP contribution < -0.4 is 10.5 Å². The Bertz CT molecular complexity index is 713. The van der Waals surface area contributed by atoms with E-state index in [9.17, 15) is 10.1 Å². The summed E-state index contributed by atoms with van der Waals surface area (Å²) in [6.07, 6.45) is 0. The van der Waals surface area contributed by atoms with E-state index < -0.39 is 11.9 Å². The highest BCUT2D eigenvalue weighted by molar-refractivity contribution is 5.92. The van der Waals surface area contributed by atoms with Gasteiger partial charge in [-0.05, 0) is 24.6 Å². The molecule has 1 aromatic carbocycles. The molecular formula is C16H16N2O4. The number of carbonyl (C=O) groups excluding carboxylic acids is 1. The summed E-state index contributed by atoms with van der Waals surface area (Å²) in [5.74, 6) is -0.301. The van der Waals surface area contributed by atoms with Crippen LogP contribution in [0.3, 0.4) is 0 Å². The zero-order chi connectivity index (χ0) is 16.3. The van der Waals surface area contributed by atoms with E-state index in [1.54, 1.807) is 38.3 Å². The number of hydrogen-bond donors (Lipinski definition) is 1. The normalized spacial score (nSPS) is 17.6. The van der Waals surface area contributed by atoms with Gasteiger partial charge < -0.3 is 19.9 Å². The lowest BCUT2D eigenvalue weighted by Crippen LogP contribution is -2.25. The quantitative estimate of drug-likeness (QED) is 0.857. The first-order valence-corrected chi connectivity index (χ1v) is 6.54. The van der Waals surface area contributed by atoms with Crippen LogP contribution in [0.1, 0.15) is 18.4 Å². The fourth-order valence-corrected chi connectivity index (χ4v) is 2.41. The van der Waals surface area contributed by atoms with E-state index in [4.69, 9.17) is 19.9 Å². The van der Waals surface area contributed by atoms with Gasteiger partial charge in [0.15, 0.2) is 0 Å². The van der Waals surface area contributed by atoms with Crippen LogP contribution in [0.25, 0.3) is 0 Å². The van der Waals surface area contributed by atoms with Crippen molar-refractivity contribution in [3.05, 3.63) is 52.6 Å². The second-order valence-electron chi connectivity index (χ2n) is 4.66. The van der Waals surface area contributed by atoms with Crippen molar-refractivity contribution in [1.29, 1.82) is 5.26 Å². The molecule has 0 aromatic heterocycles. The maximum atomic E-state index is 12.1. The van der Waals surface area contributed by atoms with Crippen LogP contribution in [0.4, 0.5) is 0 Å². The second-order valence-corrected chi connectivity index (χ2v) is 4.66. The number of rotatable bonds is 3. The standard InChI is InChI=1S/C16H16N2O4/c1-9-13(16(19)21-3)14(12(8-17)15(18)22-9)10-5-4-6-11(7-10)20-2/h4-7,14H,18H2,1-3H3/t14-/m1/s1. The zero-order valence-corrected chi connectivity index (χ0v) is 12.5. The molecule has 1 atom stereocenters. The van der Waals surface area contributed by atoms with E-state index in [1.807, 2.05) is 6.07 Å². The van der Waals surface area contributed by atoms with Crippen LogP contribution in [-0.4, -0.2) is 20.2 Å². The molecule has 0 saturated carbocycles. The molecule has 1 heterocycles. The molecule has 6 heteroatoms. The minimum absolute atomic E-state index is 0.0135. The van der Waals surface area contributed by atoms with Crippen molar-refractivity contribution in [3.63, 3.8) is 0 Å². The Morgan fingerprint density at radius 3 is 2.73 bits per heavy atom. The summed E-state index contributed by atoms with van der Waals surface area (Å²) in [5, 5.41) is 9.40. The van der Waals surface area contributed by atoms with Crippen LogP contribution in [0.15, 0.2) is 47.1 Å². The zero-order valence-electron chi connectivity index (χ0n) is 12.5. The van der Waals surface area contributed by atoms with Crippen LogP contribution in [0.2, 0.25) is 0 Å². The first-order valence-electron chi connectivity index (χ1n) is 6.54. The van der Waals surface area contributed by atoms with Gasteiger partial charge in [0.05, 0.1) is 25.7 Å². The average Bonchev–Trinajstić information content (AvgIpc) is 2.53. The van der Waals surface area contributed by atoms with E-state index >= 15 is 0 Å². The molecule has 2 rings (SSSR count). The third-order valence-electron chi connectivity index (χ3n) is 3.44. The van der Waals surface area contributed by atoms with E-state index in [-0.39, 0.29) is 17.0 Å². The monoisotopic (exact) mass is 300 g/mol. The van der Waals surface area contributed by atoms with Crippen molar-refractivity contribution in [3.8, 4) is 11.8 Å². The summed E-state index contributed by atoms with van der Waals surface area (Å²) in [6, 6.07) is 9.10. The van der Waals surface area contributed by atoms with Gasteiger partial charge in [0.2, 0.25) is 5.88 Å².